The van der Waals surface area contributed by atoms with E-state index >= 15 is 0 Å². The van der Waals surface area contributed by atoms with Crippen LogP contribution in [0.2, 0.25) is 5.02 Å². The Balaban J connectivity index is 2.02. The summed E-state index contributed by atoms with van der Waals surface area (Å²) in [7, 11) is 0. The number of hydrogen-bond donors (Lipinski definition) is 1. The molecule has 0 spiro atoms. The summed E-state index contributed by atoms with van der Waals surface area (Å²) >= 11 is 9.46. The first-order valence-corrected chi connectivity index (χ1v) is 6.65. The molecule has 0 saturated carbocycles. The zero-order valence-electron chi connectivity index (χ0n) is 9.29. The van der Waals surface area contributed by atoms with Crippen LogP contribution >= 0.6 is 27.5 Å². The van der Waals surface area contributed by atoms with Gasteiger partial charge in [-0.1, -0.05) is 24.6 Å². The van der Waals surface area contributed by atoms with Crippen LogP contribution in [0.15, 0.2) is 22.7 Å². The van der Waals surface area contributed by atoms with Crippen LogP contribution in [0.3, 0.4) is 0 Å². The maximum Gasteiger partial charge on any atom is 0.0551 e. The van der Waals surface area contributed by atoms with Gasteiger partial charge in [0.05, 0.1) is 5.02 Å². The quantitative estimate of drug-likeness (QED) is 0.910. The third-order valence-corrected chi connectivity index (χ3v) is 4.37. The lowest BCUT2D eigenvalue weighted by Crippen LogP contribution is -2.28. The van der Waals surface area contributed by atoms with Gasteiger partial charge in [-0.25, -0.2) is 0 Å². The molecule has 2 N–H and O–H groups in total. The zero-order chi connectivity index (χ0) is 11.7. The van der Waals surface area contributed by atoms with Gasteiger partial charge in [-0.2, -0.15) is 0 Å². The van der Waals surface area contributed by atoms with Crippen LogP contribution < -0.4 is 5.73 Å². The minimum atomic E-state index is 0.311. The summed E-state index contributed by atoms with van der Waals surface area (Å²) < 4.78 is 0.949. The molecule has 0 aliphatic carbocycles. The minimum Gasteiger partial charge on any atom is -0.326 e. The predicted molar refractivity (Wildman–Crippen MR) is 71.6 cm³/mol. The van der Waals surface area contributed by atoms with E-state index in [1.807, 2.05) is 12.1 Å². The first-order chi connectivity index (χ1) is 7.56. The molecule has 1 aromatic rings. The highest BCUT2D eigenvalue weighted by atomic mass is 79.9. The van der Waals surface area contributed by atoms with Crippen molar-refractivity contribution < 1.29 is 0 Å². The van der Waals surface area contributed by atoms with Gasteiger partial charge in [-0.3, -0.25) is 4.90 Å². The van der Waals surface area contributed by atoms with E-state index in [1.165, 1.54) is 5.56 Å². The van der Waals surface area contributed by atoms with E-state index in [4.69, 9.17) is 17.3 Å². The summed E-state index contributed by atoms with van der Waals surface area (Å²) in [6, 6.07) is 6.42. The smallest absolute Gasteiger partial charge is 0.0551 e. The van der Waals surface area contributed by atoms with Crippen molar-refractivity contribution in [2.45, 2.75) is 19.5 Å². The highest BCUT2D eigenvalue weighted by molar-refractivity contribution is 9.10. The van der Waals surface area contributed by atoms with Crippen LogP contribution in [-0.4, -0.2) is 24.0 Å². The number of halogens is 2. The molecule has 4 heteroatoms. The molecule has 0 aromatic heterocycles. The fourth-order valence-electron chi connectivity index (χ4n) is 2.12. The van der Waals surface area contributed by atoms with Gasteiger partial charge >= 0.3 is 0 Å². The molecule has 1 aromatic carbocycles. The Morgan fingerprint density at radius 1 is 1.50 bits per heavy atom. The highest BCUT2D eigenvalue weighted by Gasteiger charge is 2.26. The van der Waals surface area contributed by atoms with Gasteiger partial charge in [-0.15, -0.1) is 0 Å². The molecule has 0 amide bonds. The Morgan fingerprint density at radius 3 is 2.81 bits per heavy atom. The standard InChI is InChI=1S/C12H16BrClN2/c1-8-5-16(7-12(8)15)6-9-2-3-10(13)11(14)4-9/h2-4,8,12H,5-7,15H2,1H3. The summed E-state index contributed by atoms with van der Waals surface area (Å²) in [5.74, 6) is 0.589. The van der Waals surface area contributed by atoms with E-state index in [0.29, 0.717) is 12.0 Å². The summed E-state index contributed by atoms with van der Waals surface area (Å²) in [6.07, 6.45) is 0. The lowest BCUT2D eigenvalue weighted by atomic mass is 10.1. The first-order valence-electron chi connectivity index (χ1n) is 5.48. The van der Waals surface area contributed by atoms with Crippen molar-refractivity contribution >= 4 is 27.5 Å². The van der Waals surface area contributed by atoms with Crippen molar-refractivity contribution in [2.24, 2.45) is 11.7 Å². The van der Waals surface area contributed by atoms with E-state index in [-0.39, 0.29) is 0 Å². The summed E-state index contributed by atoms with van der Waals surface area (Å²) in [5, 5.41) is 0.772. The van der Waals surface area contributed by atoms with Crippen LogP contribution in [0.4, 0.5) is 0 Å². The second kappa shape index (κ2) is 5.05. The molecule has 1 fully saturated rings. The molecule has 1 heterocycles. The normalized spacial score (nSPS) is 26.2. The van der Waals surface area contributed by atoms with Gasteiger partial charge in [0.25, 0.3) is 0 Å². The SMILES string of the molecule is CC1CN(Cc2ccc(Br)c(Cl)c2)CC1N. The van der Waals surface area contributed by atoms with E-state index in [0.717, 1.165) is 29.1 Å². The highest BCUT2D eigenvalue weighted by Crippen LogP contribution is 2.25. The van der Waals surface area contributed by atoms with Crippen molar-refractivity contribution in [3.63, 3.8) is 0 Å². The summed E-state index contributed by atoms with van der Waals surface area (Å²) in [4.78, 5) is 2.38. The van der Waals surface area contributed by atoms with Crippen LogP contribution in [0.5, 0.6) is 0 Å². The largest absolute Gasteiger partial charge is 0.326 e. The maximum absolute atomic E-state index is 6.07. The van der Waals surface area contributed by atoms with Gasteiger partial charge < -0.3 is 5.73 Å². The summed E-state index contributed by atoms with van der Waals surface area (Å²) in [5.41, 5.74) is 7.25. The Kier molecular flexibility index (Phi) is 3.90. The van der Waals surface area contributed by atoms with Crippen molar-refractivity contribution in [3.05, 3.63) is 33.3 Å². The predicted octanol–water partition coefficient (Wildman–Crippen LogP) is 2.88. The zero-order valence-corrected chi connectivity index (χ0v) is 11.6. The van der Waals surface area contributed by atoms with Crippen LogP contribution in [-0.2, 0) is 6.54 Å². The van der Waals surface area contributed by atoms with Crippen LogP contribution in [0.1, 0.15) is 12.5 Å². The van der Waals surface area contributed by atoms with Gasteiger partial charge in [0.1, 0.15) is 0 Å². The molecule has 2 atom stereocenters. The Hall–Kier alpha value is -0.0900. The minimum absolute atomic E-state index is 0.311. The maximum atomic E-state index is 6.07. The first kappa shape index (κ1) is 12.4. The Bertz CT molecular complexity index is 373. The van der Waals surface area contributed by atoms with E-state index in [1.54, 1.807) is 0 Å². The van der Waals surface area contributed by atoms with Crippen molar-refractivity contribution in [2.75, 3.05) is 13.1 Å². The van der Waals surface area contributed by atoms with Crippen molar-refractivity contribution in [1.29, 1.82) is 0 Å². The molecule has 2 unspecified atom stereocenters. The van der Waals surface area contributed by atoms with E-state index in [9.17, 15) is 0 Å². The van der Waals surface area contributed by atoms with Crippen molar-refractivity contribution in [3.8, 4) is 0 Å². The molecule has 1 aliphatic heterocycles. The number of rotatable bonds is 2. The Morgan fingerprint density at radius 2 is 2.25 bits per heavy atom. The molecular weight excluding hydrogens is 288 g/mol. The monoisotopic (exact) mass is 302 g/mol. The van der Waals surface area contributed by atoms with Gasteiger partial charge in [-0.05, 0) is 39.5 Å². The average Bonchev–Trinajstić information content (AvgIpc) is 2.52. The molecule has 2 rings (SSSR count). The Labute approximate surface area is 110 Å². The van der Waals surface area contributed by atoms with Crippen LogP contribution in [0, 0.1) is 5.92 Å². The molecule has 0 bridgehead atoms. The summed E-state index contributed by atoms with van der Waals surface area (Å²) in [6.45, 7) is 5.20. The van der Waals surface area contributed by atoms with E-state index < -0.39 is 0 Å². The molecule has 1 saturated heterocycles. The number of nitrogens with two attached hydrogens (primary N) is 1. The van der Waals surface area contributed by atoms with Gasteiger partial charge in [0.15, 0.2) is 0 Å². The van der Waals surface area contributed by atoms with Crippen LogP contribution in [0.25, 0.3) is 0 Å². The number of hydrogen-bond acceptors (Lipinski definition) is 2. The number of nitrogens with zero attached hydrogens (tertiary/aromatic N) is 1. The molecule has 2 nitrogen and oxygen atoms in total. The second-order valence-electron chi connectivity index (χ2n) is 4.58. The molecule has 16 heavy (non-hydrogen) atoms. The third kappa shape index (κ3) is 2.77. The lowest BCUT2D eigenvalue weighted by molar-refractivity contribution is 0.319. The topological polar surface area (TPSA) is 29.3 Å². The fraction of sp³-hybridized carbons (Fsp3) is 0.500. The molecular formula is C12H16BrClN2. The van der Waals surface area contributed by atoms with Gasteiger partial charge in [0, 0.05) is 30.1 Å². The average molecular weight is 304 g/mol. The van der Waals surface area contributed by atoms with Crippen molar-refractivity contribution in [1.82, 2.24) is 4.90 Å². The number of likely N-dealkylation sites (tertiary alicyclic amines) is 1. The molecule has 1 aliphatic rings. The van der Waals surface area contributed by atoms with Gasteiger partial charge in [0.2, 0.25) is 0 Å². The fourth-order valence-corrected chi connectivity index (χ4v) is 2.57. The third-order valence-electron chi connectivity index (χ3n) is 3.14. The molecule has 88 valence electrons. The lowest BCUT2D eigenvalue weighted by Gasteiger charge is -2.15. The number of benzene rings is 1. The molecule has 0 radical (unpaired) electrons. The van der Waals surface area contributed by atoms with E-state index in [2.05, 4.69) is 33.8 Å². The second-order valence-corrected chi connectivity index (χ2v) is 5.85.